The lowest BCUT2D eigenvalue weighted by Gasteiger charge is -2.31. The molecule has 1 amide bonds. The maximum atomic E-state index is 12.2. The second-order valence-electron chi connectivity index (χ2n) is 7.16. The van der Waals surface area contributed by atoms with Gasteiger partial charge >= 0.3 is 0 Å². The number of ether oxygens (including phenoxy) is 1. The van der Waals surface area contributed by atoms with Crippen molar-refractivity contribution < 1.29 is 9.53 Å². The molecule has 0 saturated carbocycles. The number of aromatic nitrogens is 3. The Kier molecular flexibility index (Phi) is 6.80. The van der Waals surface area contributed by atoms with Crippen LogP contribution in [0.15, 0.2) is 12.2 Å². The molecule has 3 heterocycles. The highest BCUT2D eigenvalue weighted by atomic mass is 16.5. The van der Waals surface area contributed by atoms with E-state index in [0.29, 0.717) is 12.3 Å². The van der Waals surface area contributed by atoms with Crippen molar-refractivity contribution in [1.82, 2.24) is 24.6 Å². The van der Waals surface area contributed by atoms with Gasteiger partial charge in [-0.05, 0) is 19.3 Å². The molecular weight excluding hydrogens is 330 g/mol. The van der Waals surface area contributed by atoms with Crippen molar-refractivity contribution in [2.75, 3.05) is 39.4 Å². The molecule has 7 heteroatoms. The highest BCUT2D eigenvalue weighted by Crippen LogP contribution is 2.27. The molecule has 0 aliphatic carbocycles. The van der Waals surface area contributed by atoms with Gasteiger partial charge in [0.15, 0.2) is 0 Å². The van der Waals surface area contributed by atoms with Gasteiger partial charge in [-0.1, -0.05) is 19.1 Å². The van der Waals surface area contributed by atoms with E-state index in [1.54, 1.807) is 0 Å². The van der Waals surface area contributed by atoms with E-state index in [4.69, 9.17) is 4.74 Å². The number of morpholine rings is 1. The Morgan fingerprint density at radius 3 is 2.58 bits per heavy atom. The number of hydrogen-bond acceptors (Lipinski definition) is 5. The van der Waals surface area contributed by atoms with Gasteiger partial charge in [-0.15, -0.1) is 10.2 Å². The predicted octanol–water partition coefficient (Wildman–Crippen LogP) is 1.71. The Balaban J connectivity index is 1.53. The second kappa shape index (κ2) is 9.28. The smallest absolute Gasteiger partial charge is 0.226 e. The van der Waals surface area contributed by atoms with Crippen molar-refractivity contribution in [1.29, 1.82) is 0 Å². The first-order valence-electron chi connectivity index (χ1n) is 9.80. The van der Waals surface area contributed by atoms with Gasteiger partial charge in [0.2, 0.25) is 5.91 Å². The van der Waals surface area contributed by atoms with Gasteiger partial charge in [-0.25, -0.2) is 0 Å². The fourth-order valence-electron chi connectivity index (χ4n) is 3.69. The molecule has 0 aromatic carbocycles. The van der Waals surface area contributed by atoms with Crippen LogP contribution in [-0.4, -0.2) is 69.9 Å². The zero-order chi connectivity index (χ0) is 18.4. The molecule has 3 rings (SSSR count). The summed E-state index contributed by atoms with van der Waals surface area (Å²) in [5.41, 5.74) is 0. The molecule has 0 atom stereocenters. The topological polar surface area (TPSA) is 63.5 Å². The van der Waals surface area contributed by atoms with Crippen LogP contribution in [0.25, 0.3) is 0 Å². The van der Waals surface area contributed by atoms with Crippen molar-refractivity contribution in [2.45, 2.75) is 45.1 Å². The van der Waals surface area contributed by atoms with E-state index in [9.17, 15) is 4.79 Å². The zero-order valence-electron chi connectivity index (χ0n) is 16.1. The minimum atomic E-state index is 0.235. The minimum Gasteiger partial charge on any atom is -0.379 e. The van der Waals surface area contributed by atoms with Crippen LogP contribution in [0.3, 0.4) is 0 Å². The fraction of sp³-hybridized carbons (Fsp3) is 0.737. The first-order valence-corrected chi connectivity index (χ1v) is 9.80. The number of piperidine rings is 1. The van der Waals surface area contributed by atoms with Gasteiger partial charge in [0.05, 0.1) is 19.8 Å². The van der Waals surface area contributed by atoms with Crippen LogP contribution in [0.1, 0.15) is 50.2 Å². The number of carbonyl (C=O) groups is 1. The van der Waals surface area contributed by atoms with Crippen LogP contribution in [-0.2, 0) is 23.1 Å². The Hall–Kier alpha value is -1.73. The zero-order valence-corrected chi connectivity index (χ0v) is 16.1. The number of rotatable bonds is 6. The molecule has 0 spiro atoms. The Bertz CT molecular complexity index is 613. The largest absolute Gasteiger partial charge is 0.379 e. The van der Waals surface area contributed by atoms with E-state index >= 15 is 0 Å². The van der Waals surface area contributed by atoms with Gasteiger partial charge in [0.25, 0.3) is 0 Å². The summed E-state index contributed by atoms with van der Waals surface area (Å²) < 4.78 is 7.56. The van der Waals surface area contributed by atoms with E-state index in [2.05, 4.69) is 39.7 Å². The number of nitrogens with zero attached hydrogens (tertiary/aromatic N) is 5. The number of amides is 1. The van der Waals surface area contributed by atoms with Crippen molar-refractivity contribution in [3.8, 4) is 0 Å². The second-order valence-corrected chi connectivity index (χ2v) is 7.16. The quantitative estimate of drug-likeness (QED) is 0.722. The number of hydrogen-bond donors (Lipinski definition) is 0. The van der Waals surface area contributed by atoms with E-state index in [-0.39, 0.29) is 5.91 Å². The van der Waals surface area contributed by atoms with Crippen LogP contribution < -0.4 is 0 Å². The average molecular weight is 361 g/mol. The summed E-state index contributed by atoms with van der Waals surface area (Å²) in [5.74, 6) is 2.71. The lowest BCUT2D eigenvalue weighted by Crippen LogP contribution is -2.38. The van der Waals surface area contributed by atoms with E-state index < -0.39 is 0 Å². The number of allylic oxidation sites excluding steroid dienone is 1. The standard InChI is InChI=1S/C19H31N5O2/c1-3-4-5-6-18(25)24-9-7-16(8-10-24)19-21-20-17(22(19)2)15-23-11-13-26-14-12-23/h4-5,16H,3,6-15H2,1-2H3/b5-4+. The van der Waals surface area contributed by atoms with Gasteiger partial charge in [-0.2, -0.15) is 0 Å². The van der Waals surface area contributed by atoms with Crippen LogP contribution in [0.5, 0.6) is 0 Å². The third-order valence-electron chi connectivity index (χ3n) is 5.38. The predicted molar refractivity (Wildman–Crippen MR) is 99.7 cm³/mol. The van der Waals surface area contributed by atoms with E-state index in [1.807, 2.05) is 11.0 Å². The summed E-state index contributed by atoms with van der Waals surface area (Å²) in [7, 11) is 2.07. The summed E-state index contributed by atoms with van der Waals surface area (Å²) in [6, 6.07) is 0. The summed E-state index contributed by atoms with van der Waals surface area (Å²) in [6.07, 6.45) is 7.47. The molecule has 2 aliphatic heterocycles. The van der Waals surface area contributed by atoms with Crippen LogP contribution in [0.2, 0.25) is 0 Å². The number of carbonyl (C=O) groups excluding carboxylic acids is 1. The fourth-order valence-corrected chi connectivity index (χ4v) is 3.69. The molecule has 0 unspecified atom stereocenters. The molecule has 26 heavy (non-hydrogen) atoms. The summed E-state index contributed by atoms with van der Waals surface area (Å²) in [5, 5.41) is 8.91. The third-order valence-corrected chi connectivity index (χ3v) is 5.38. The van der Waals surface area contributed by atoms with Gasteiger partial charge in [-0.3, -0.25) is 9.69 Å². The number of likely N-dealkylation sites (tertiary alicyclic amines) is 1. The molecule has 0 N–H and O–H groups in total. The van der Waals surface area contributed by atoms with Gasteiger partial charge < -0.3 is 14.2 Å². The average Bonchev–Trinajstić information content (AvgIpc) is 3.03. The van der Waals surface area contributed by atoms with Gasteiger partial charge in [0, 0.05) is 45.6 Å². The summed E-state index contributed by atoms with van der Waals surface area (Å²) in [6.45, 7) is 8.04. The van der Waals surface area contributed by atoms with Crippen molar-refractivity contribution in [2.24, 2.45) is 7.05 Å². The molecular formula is C19H31N5O2. The first kappa shape index (κ1) is 19.0. The minimum absolute atomic E-state index is 0.235. The molecule has 2 saturated heterocycles. The SMILES string of the molecule is CC/C=C/CC(=O)N1CCC(c2nnc(CN3CCOCC3)n2C)CC1. The molecule has 144 valence electrons. The summed E-state index contributed by atoms with van der Waals surface area (Å²) in [4.78, 5) is 16.6. The van der Waals surface area contributed by atoms with Crippen molar-refractivity contribution >= 4 is 5.91 Å². The molecule has 0 radical (unpaired) electrons. The van der Waals surface area contributed by atoms with E-state index in [0.717, 1.165) is 76.8 Å². The lowest BCUT2D eigenvalue weighted by atomic mass is 9.95. The summed E-state index contributed by atoms with van der Waals surface area (Å²) >= 11 is 0. The lowest BCUT2D eigenvalue weighted by molar-refractivity contribution is -0.131. The Morgan fingerprint density at radius 2 is 1.88 bits per heavy atom. The maximum absolute atomic E-state index is 12.2. The first-order chi connectivity index (χ1) is 12.7. The normalized spacial score (nSPS) is 20.2. The van der Waals surface area contributed by atoms with Crippen LogP contribution in [0, 0.1) is 0 Å². The maximum Gasteiger partial charge on any atom is 0.226 e. The molecule has 7 nitrogen and oxygen atoms in total. The molecule has 1 aromatic rings. The highest BCUT2D eigenvalue weighted by Gasteiger charge is 2.27. The Labute approximate surface area is 156 Å². The van der Waals surface area contributed by atoms with Crippen molar-refractivity contribution in [3.05, 3.63) is 23.8 Å². The molecule has 0 bridgehead atoms. The monoisotopic (exact) mass is 361 g/mol. The Morgan fingerprint density at radius 1 is 1.15 bits per heavy atom. The highest BCUT2D eigenvalue weighted by molar-refractivity contribution is 5.77. The molecule has 2 aliphatic rings. The van der Waals surface area contributed by atoms with Crippen LogP contribution >= 0.6 is 0 Å². The van der Waals surface area contributed by atoms with E-state index in [1.165, 1.54) is 0 Å². The van der Waals surface area contributed by atoms with Crippen LogP contribution in [0.4, 0.5) is 0 Å². The molecule has 1 aromatic heterocycles. The van der Waals surface area contributed by atoms with Crippen molar-refractivity contribution in [3.63, 3.8) is 0 Å². The third kappa shape index (κ3) is 4.71. The van der Waals surface area contributed by atoms with Gasteiger partial charge in [0.1, 0.15) is 11.6 Å². The molecule has 2 fully saturated rings.